The van der Waals surface area contributed by atoms with Crippen molar-refractivity contribution in [1.29, 1.82) is 0 Å². The monoisotopic (exact) mass is 362 g/mol. The van der Waals surface area contributed by atoms with E-state index in [9.17, 15) is 0 Å². The topological polar surface area (TPSA) is 6.48 Å². The summed E-state index contributed by atoms with van der Waals surface area (Å²) in [6, 6.07) is 14.5. The molecule has 1 aliphatic rings. The molecular weight excluding hydrogens is 339 g/mol. The Morgan fingerprint density at radius 2 is 1.67 bits per heavy atom. The Morgan fingerprint density at radius 1 is 0.917 bits per heavy atom. The highest BCUT2D eigenvalue weighted by molar-refractivity contribution is 6.42. The number of rotatable bonds is 5. The van der Waals surface area contributed by atoms with Crippen LogP contribution in [0.15, 0.2) is 42.5 Å². The van der Waals surface area contributed by atoms with Gasteiger partial charge in [-0.25, -0.2) is 0 Å². The molecule has 2 nitrogen and oxygen atoms in total. The highest BCUT2D eigenvalue weighted by Crippen LogP contribution is 2.30. The molecule has 1 fully saturated rings. The smallest absolute Gasteiger partial charge is 0.0598 e. The van der Waals surface area contributed by atoms with Crippen molar-refractivity contribution < 1.29 is 0 Å². The van der Waals surface area contributed by atoms with Crippen LogP contribution >= 0.6 is 23.2 Å². The van der Waals surface area contributed by atoms with Gasteiger partial charge in [-0.1, -0.05) is 53.5 Å². The molecule has 0 bridgehead atoms. The lowest BCUT2D eigenvalue weighted by Gasteiger charge is -2.32. The average molecular weight is 363 g/mol. The zero-order chi connectivity index (χ0) is 16.9. The Kier molecular flexibility index (Phi) is 6.18. The van der Waals surface area contributed by atoms with Gasteiger partial charge in [-0.2, -0.15) is 0 Å². The highest BCUT2D eigenvalue weighted by Gasteiger charge is 2.13. The normalized spacial score (nSPS) is 16.5. The second-order valence-corrected chi connectivity index (χ2v) is 7.35. The molecule has 1 aliphatic heterocycles. The number of likely N-dealkylation sites (N-methyl/N-ethyl adjacent to an activating group) is 1. The molecule has 3 rings (SSSR count). The number of piperazine rings is 1. The molecule has 0 atom stereocenters. The number of benzene rings is 2. The summed E-state index contributed by atoms with van der Waals surface area (Å²) in [6.07, 6.45) is 2.27. The predicted octanol–water partition coefficient (Wildman–Crippen LogP) is 4.84. The van der Waals surface area contributed by atoms with Gasteiger partial charge in [0.1, 0.15) is 0 Å². The van der Waals surface area contributed by atoms with Crippen LogP contribution < -0.4 is 0 Å². The van der Waals surface area contributed by atoms with Crippen LogP contribution in [0, 0.1) is 0 Å². The molecule has 0 aliphatic carbocycles. The molecular formula is C20H24Cl2N2. The van der Waals surface area contributed by atoms with Gasteiger partial charge < -0.3 is 9.80 Å². The molecule has 4 heteroatoms. The van der Waals surface area contributed by atoms with Crippen LogP contribution in [0.4, 0.5) is 0 Å². The SMILES string of the molecule is CN1CCN(CCCc2ccccc2-c2ccc(Cl)c(Cl)c2)CC1. The molecule has 24 heavy (non-hydrogen) atoms. The van der Waals surface area contributed by atoms with Crippen molar-refractivity contribution in [3.05, 3.63) is 58.1 Å². The van der Waals surface area contributed by atoms with Crippen LogP contribution in [0.5, 0.6) is 0 Å². The quantitative estimate of drug-likeness (QED) is 0.750. The number of nitrogens with zero attached hydrogens (tertiary/aromatic N) is 2. The van der Waals surface area contributed by atoms with E-state index in [1.807, 2.05) is 18.2 Å². The van der Waals surface area contributed by atoms with Gasteiger partial charge in [0, 0.05) is 26.2 Å². The summed E-state index contributed by atoms with van der Waals surface area (Å²) in [6.45, 7) is 5.90. The number of aryl methyl sites for hydroxylation is 1. The van der Waals surface area contributed by atoms with Gasteiger partial charge in [-0.3, -0.25) is 0 Å². The van der Waals surface area contributed by atoms with Crippen LogP contribution in [0.1, 0.15) is 12.0 Å². The van der Waals surface area contributed by atoms with Crippen molar-refractivity contribution in [2.75, 3.05) is 39.8 Å². The fraction of sp³-hybridized carbons (Fsp3) is 0.400. The van der Waals surface area contributed by atoms with E-state index < -0.39 is 0 Å². The maximum absolute atomic E-state index is 6.19. The summed E-state index contributed by atoms with van der Waals surface area (Å²) in [5.41, 5.74) is 3.78. The lowest BCUT2D eigenvalue weighted by atomic mass is 9.96. The van der Waals surface area contributed by atoms with Crippen LogP contribution in [0.3, 0.4) is 0 Å². The summed E-state index contributed by atoms with van der Waals surface area (Å²) in [7, 11) is 2.20. The first-order valence-electron chi connectivity index (χ1n) is 8.58. The average Bonchev–Trinajstić information content (AvgIpc) is 2.60. The lowest BCUT2D eigenvalue weighted by molar-refractivity contribution is 0.153. The van der Waals surface area contributed by atoms with E-state index in [2.05, 4.69) is 41.1 Å². The summed E-state index contributed by atoms with van der Waals surface area (Å²) >= 11 is 12.2. The van der Waals surface area contributed by atoms with Gasteiger partial charge in [0.15, 0.2) is 0 Å². The molecule has 2 aromatic rings. The maximum atomic E-state index is 6.19. The van der Waals surface area contributed by atoms with Gasteiger partial charge in [-0.15, -0.1) is 0 Å². The zero-order valence-corrected chi connectivity index (χ0v) is 15.7. The van der Waals surface area contributed by atoms with E-state index in [0.717, 1.165) is 12.0 Å². The van der Waals surface area contributed by atoms with E-state index >= 15 is 0 Å². The fourth-order valence-corrected chi connectivity index (χ4v) is 3.55. The minimum Gasteiger partial charge on any atom is -0.304 e. The van der Waals surface area contributed by atoms with Crippen molar-refractivity contribution in [2.45, 2.75) is 12.8 Å². The Labute approximate surface area is 155 Å². The molecule has 2 aromatic carbocycles. The molecule has 1 saturated heterocycles. The Morgan fingerprint density at radius 3 is 2.42 bits per heavy atom. The summed E-state index contributed by atoms with van der Waals surface area (Å²) in [5.74, 6) is 0. The Balaban J connectivity index is 1.65. The van der Waals surface area contributed by atoms with Crippen LogP contribution in [0.25, 0.3) is 11.1 Å². The molecule has 0 N–H and O–H groups in total. The molecule has 0 aromatic heterocycles. The van der Waals surface area contributed by atoms with E-state index in [-0.39, 0.29) is 0 Å². The molecule has 0 saturated carbocycles. The van der Waals surface area contributed by atoms with Gasteiger partial charge in [0.05, 0.1) is 10.0 Å². The molecule has 0 unspecified atom stereocenters. The van der Waals surface area contributed by atoms with Gasteiger partial charge >= 0.3 is 0 Å². The number of hydrogen-bond donors (Lipinski definition) is 0. The fourth-order valence-electron chi connectivity index (χ4n) is 3.25. The van der Waals surface area contributed by atoms with Crippen molar-refractivity contribution in [2.24, 2.45) is 0 Å². The van der Waals surface area contributed by atoms with Crippen LogP contribution in [-0.4, -0.2) is 49.6 Å². The van der Waals surface area contributed by atoms with Gasteiger partial charge in [0.25, 0.3) is 0 Å². The van der Waals surface area contributed by atoms with E-state index in [4.69, 9.17) is 23.2 Å². The number of halogens is 2. The minimum absolute atomic E-state index is 0.605. The van der Waals surface area contributed by atoms with Crippen LogP contribution in [-0.2, 0) is 6.42 Å². The molecule has 0 radical (unpaired) electrons. The van der Waals surface area contributed by atoms with Crippen LogP contribution in [0.2, 0.25) is 10.0 Å². The second kappa shape index (κ2) is 8.35. The van der Waals surface area contributed by atoms with Gasteiger partial charge in [-0.05, 0) is 55.3 Å². The molecule has 128 valence electrons. The van der Waals surface area contributed by atoms with E-state index in [1.54, 1.807) is 0 Å². The highest BCUT2D eigenvalue weighted by atomic mass is 35.5. The molecule has 0 amide bonds. The second-order valence-electron chi connectivity index (χ2n) is 6.53. The lowest BCUT2D eigenvalue weighted by Crippen LogP contribution is -2.44. The summed E-state index contributed by atoms with van der Waals surface area (Å²) < 4.78 is 0. The van der Waals surface area contributed by atoms with E-state index in [0.29, 0.717) is 10.0 Å². The standard InChI is InChI=1S/C20H24Cl2N2/c1-23-11-13-24(14-12-23)10-4-6-16-5-2-3-7-18(16)17-8-9-19(21)20(22)15-17/h2-3,5,7-9,15H,4,6,10-14H2,1H3. The van der Waals surface area contributed by atoms with Gasteiger partial charge in [0.2, 0.25) is 0 Å². The summed E-state index contributed by atoms with van der Waals surface area (Å²) in [4.78, 5) is 4.97. The minimum atomic E-state index is 0.605. The Hall–Kier alpha value is -1.06. The number of hydrogen-bond acceptors (Lipinski definition) is 2. The third-order valence-corrected chi connectivity index (χ3v) is 5.50. The third-order valence-electron chi connectivity index (χ3n) is 4.76. The largest absolute Gasteiger partial charge is 0.304 e. The van der Waals surface area contributed by atoms with Crippen molar-refractivity contribution in [3.8, 4) is 11.1 Å². The summed E-state index contributed by atoms with van der Waals surface area (Å²) in [5, 5.41) is 1.22. The first-order chi connectivity index (χ1) is 11.6. The third kappa shape index (κ3) is 4.52. The zero-order valence-electron chi connectivity index (χ0n) is 14.1. The maximum Gasteiger partial charge on any atom is 0.0598 e. The first kappa shape index (κ1) is 17.8. The van der Waals surface area contributed by atoms with Crippen molar-refractivity contribution >= 4 is 23.2 Å². The first-order valence-corrected chi connectivity index (χ1v) is 9.33. The van der Waals surface area contributed by atoms with Crippen molar-refractivity contribution in [3.63, 3.8) is 0 Å². The predicted molar refractivity (Wildman–Crippen MR) is 104 cm³/mol. The van der Waals surface area contributed by atoms with E-state index in [1.165, 1.54) is 50.3 Å². The molecule has 1 heterocycles. The Bertz CT molecular complexity index is 679. The molecule has 0 spiro atoms. The van der Waals surface area contributed by atoms with Crippen molar-refractivity contribution in [1.82, 2.24) is 9.80 Å².